The molecule has 0 aliphatic heterocycles. The van der Waals surface area contributed by atoms with E-state index in [0.717, 1.165) is 16.7 Å². The number of aromatic hydroxyl groups is 1. The summed E-state index contributed by atoms with van der Waals surface area (Å²) >= 11 is 0. The number of pyridine rings is 1. The Morgan fingerprint density at radius 2 is 1.22 bits per heavy atom. The molecule has 6 aromatic carbocycles. The predicted octanol–water partition coefficient (Wildman–Crippen LogP) is 15.8. The first-order chi connectivity index (χ1) is 38.3. The fourth-order valence-electron chi connectivity index (χ4n) is 7.90. The third kappa shape index (κ3) is 9.18. The van der Waals surface area contributed by atoms with Crippen molar-refractivity contribution in [1.29, 1.82) is 0 Å². The average molecular weight is 1050 g/mol. The third-order valence-electron chi connectivity index (χ3n) is 11.3. The van der Waals surface area contributed by atoms with E-state index in [1.54, 1.807) is 54.7 Å². The van der Waals surface area contributed by atoms with Crippen molar-refractivity contribution in [3.05, 3.63) is 167 Å². The molecule has 5 heteroatoms. The Bertz CT molecular complexity index is 3710. The van der Waals surface area contributed by atoms with Crippen LogP contribution >= 0.6 is 0 Å². The smallest absolute Gasteiger partial charge is 0.148 e. The minimum absolute atomic E-state index is 0. The summed E-state index contributed by atoms with van der Waals surface area (Å²) in [6.07, 6.45) is 1.61. The van der Waals surface area contributed by atoms with Gasteiger partial charge >= 0.3 is 0 Å². The second kappa shape index (κ2) is 17.1. The number of para-hydroxylation sites is 1. The number of phenolic OH excluding ortho intramolecular Hbond substituents is 1. The molecule has 0 aliphatic carbocycles. The summed E-state index contributed by atoms with van der Waals surface area (Å²) in [4.78, 5) is 9.91. The Morgan fingerprint density at radius 1 is 0.562 bits per heavy atom. The number of phenols is 1. The minimum atomic E-state index is -4.16. The van der Waals surface area contributed by atoms with Gasteiger partial charge in [0.1, 0.15) is 11.6 Å². The summed E-state index contributed by atoms with van der Waals surface area (Å²) in [6, 6.07) is 38.3. The van der Waals surface area contributed by atoms with E-state index in [2.05, 4.69) is 6.07 Å². The van der Waals surface area contributed by atoms with Gasteiger partial charge in [-0.2, -0.15) is 0 Å². The molecule has 0 fully saturated rings. The van der Waals surface area contributed by atoms with Crippen LogP contribution in [0.2, 0.25) is 0 Å². The van der Waals surface area contributed by atoms with Gasteiger partial charge in [0.15, 0.2) is 0 Å². The van der Waals surface area contributed by atoms with E-state index in [9.17, 15) is 5.11 Å². The Balaban J connectivity index is 0.0000104. The Morgan fingerprint density at radius 3 is 1.89 bits per heavy atom. The van der Waals surface area contributed by atoms with E-state index >= 15 is 0 Å². The third-order valence-corrected chi connectivity index (χ3v) is 11.3. The molecule has 0 unspecified atom stereocenters. The van der Waals surface area contributed by atoms with E-state index < -0.39 is 97.9 Å². The van der Waals surface area contributed by atoms with Gasteiger partial charge in [-0.1, -0.05) is 184 Å². The zero-order chi connectivity index (χ0) is 62.7. The average Bonchev–Trinajstić information content (AvgIpc) is 1.21. The second-order valence-electron chi connectivity index (χ2n) is 18.2. The van der Waals surface area contributed by atoms with Crippen molar-refractivity contribution in [2.75, 3.05) is 0 Å². The fourth-order valence-corrected chi connectivity index (χ4v) is 7.90. The number of fused-ring (bicyclic) bond motifs is 1. The number of aromatic nitrogens is 3. The molecule has 330 valence electrons. The van der Waals surface area contributed by atoms with E-state index in [1.807, 2.05) is 96.1 Å². The first-order valence-corrected chi connectivity index (χ1v) is 20.5. The monoisotopic (exact) mass is 1040 g/mol. The predicted molar refractivity (Wildman–Crippen MR) is 266 cm³/mol. The van der Waals surface area contributed by atoms with Crippen molar-refractivity contribution in [2.24, 2.45) is 0 Å². The molecule has 0 amide bonds. The van der Waals surface area contributed by atoms with Crippen LogP contribution in [0.5, 0.6) is 5.75 Å². The number of nitrogens with zero attached hydrogens (tertiary/aromatic N) is 3. The van der Waals surface area contributed by atoms with E-state index in [4.69, 9.17) is 38.8 Å². The number of hydrogen-bond donors (Lipinski definition) is 1. The number of aryl methyl sites for hydroxylation is 1. The molecular formula is C59H62N3OPt-. The first kappa shape index (κ1) is 26.4. The van der Waals surface area contributed by atoms with Gasteiger partial charge in [-0.05, 0) is 92.2 Å². The molecule has 64 heavy (non-hydrogen) atoms. The van der Waals surface area contributed by atoms with Gasteiger partial charge in [-0.3, -0.25) is 9.55 Å². The molecule has 2 heterocycles. The van der Waals surface area contributed by atoms with Crippen LogP contribution in [0.4, 0.5) is 0 Å². The summed E-state index contributed by atoms with van der Waals surface area (Å²) < 4.78 is 183. The van der Waals surface area contributed by atoms with Gasteiger partial charge in [0.05, 0.1) is 22.3 Å². The molecule has 2 aromatic heterocycles. The van der Waals surface area contributed by atoms with Crippen LogP contribution in [0.1, 0.15) is 139 Å². The van der Waals surface area contributed by atoms with Crippen molar-refractivity contribution in [1.82, 2.24) is 14.5 Å². The van der Waals surface area contributed by atoms with Crippen molar-refractivity contribution >= 4 is 11.0 Å². The normalized spacial score (nSPS) is 18.6. The SMILES string of the molecule is [2H]C([2H])([2H])c1ccc(-c2ccnc(-c3[c-]c(-c4cccc5c4nc(-c4cc(C(C([2H])([2H])[2H])(C([2H])([2H])[2H])C([2H])([2H])[2H])cc(C(C([2H])([2H])[2H])(C([2H])([2H])[2H])C([2H])([2H])[2H])c4O)n5-c4ccc(-c5ccccc5)cc4C(C)(C)C)cc(C(C)(C)C)c3)c2)cc1.[Pt]. The second-order valence-corrected chi connectivity index (χ2v) is 18.2. The Kier molecular flexibility index (Phi) is 7.05. The molecule has 0 atom stereocenters. The molecular weight excluding hydrogens is 962 g/mol. The van der Waals surface area contributed by atoms with E-state index in [1.165, 1.54) is 16.7 Å². The zero-order valence-electron chi connectivity index (χ0n) is 57.3. The van der Waals surface area contributed by atoms with E-state index in [0.29, 0.717) is 50.8 Å². The van der Waals surface area contributed by atoms with Crippen LogP contribution < -0.4 is 0 Å². The number of rotatable bonds is 6. The fraction of sp³-hybridized carbons (Fsp3) is 0.288. The minimum Gasteiger partial charge on any atom is -0.507 e. The molecule has 8 rings (SSSR count). The molecule has 0 spiro atoms. The van der Waals surface area contributed by atoms with E-state index in [-0.39, 0.29) is 43.7 Å². The first-order valence-electron chi connectivity index (χ1n) is 31.0. The summed E-state index contributed by atoms with van der Waals surface area (Å²) in [5, 5.41) is 13.1. The van der Waals surface area contributed by atoms with Crippen LogP contribution in [0, 0.1) is 12.9 Å². The molecule has 0 saturated heterocycles. The van der Waals surface area contributed by atoms with Crippen LogP contribution in [-0.4, -0.2) is 19.6 Å². The van der Waals surface area contributed by atoms with Crippen molar-refractivity contribution in [3.63, 3.8) is 0 Å². The largest absolute Gasteiger partial charge is 0.507 e. The summed E-state index contributed by atoms with van der Waals surface area (Å²) in [7, 11) is 0. The van der Waals surface area contributed by atoms with Crippen molar-refractivity contribution in [3.8, 4) is 67.5 Å². The Hall–Kier alpha value is -5.57. The standard InChI is InChI=1S/C59H62N3O.Pt/c1-37-22-24-39(25-23-37)41-28-29-60-50(34-41)43-30-42(31-44(32-43)56(2,3)4)46-20-17-21-52-53(46)61-55(47-35-45(57(5,6)7)36-49(54(47)63)59(11,12)13)62(52)51-27-26-40(33-48(51)58(8,9)10)38-18-15-14-16-19-38;/h14-29,31-36,63H,1-13H3;/q-1;/i1D3,5D3,6D3,7D3,11D3,12D3,13D3;. The quantitative estimate of drug-likeness (QED) is 0.169. The molecule has 0 saturated carbocycles. The summed E-state index contributed by atoms with van der Waals surface area (Å²) in [5.74, 6) is -1.82. The van der Waals surface area contributed by atoms with Gasteiger partial charge in [0, 0.05) is 67.3 Å². The molecule has 0 aliphatic rings. The zero-order valence-corrected chi connectivity index (χ0v) is 38.6. The Labute approximate surface area is 425 Å². The van der Waals surface area contributed by atoms with Gasteiger partial charge in [-0.15, -0.1) is 29.3 Å². The molecule has 4 nitrogen and oxygen atoms in total. The van der Waals surface area contributed by atoms with Gasteiger partial charge < -0.3 is 5.11 Å². The van der Waals surface area contributed by atoms with Crippen LogP contribution in [0.25, 0.3) is 72.7 Å². The maximum absolute atomic E-state index is 13.1. The molecule has 0 radical (unpaired) electrons. The molecule has 0 bridgehead atoms. The summed E-state index contributed by atoms with van der Waals surface area (Å²) in [6.45, 7) is -15.2. The van der Waals surface area contributed by atoms with Crippen LogP contribution in [0.3, 0.4) is 0 Å². The number of imidazole rings is 1. The number of hydrogen-bond acceptors (Lipinski definition) is 3. The summed E-state index contributed by atoms with van der Waals surface area (Å²) in [5.41, 5.74) is -5.98. The number of benzene rings is 6. The topological polar surface area (TPSA) is 50.9 Å². The maximum Gasteiger partial charge on any atom is 0.148 e. The van der Waals surface area contributed by atoms with Crippen molar-refractivity contribution in [2.45, 2.75) is 111 Å². The van der Waals surface area contributed by atoms with Crippen molar-refractivity contribution < 1.29 is 55.0 Å². The van der Waals surface area contributed by atoms with Crippen LogP contribution in [-0.2, 0) is 42.7 Å². The van der Waals surface area contributed by atoms with Gasteiger partial charge in [-0.25, -0.2) is 4.98 Å². The van der Waals surface area contributed by atoms with Gasteiger partial charge in [0.25, 0.3) is 0 Å². The van der Waals surface area contributed by atoms with Gasteiger partial charge in [0.2, 0.25) is 0 Å². The molecule has 8 aromatic rings. The maximum atomic E-state index is 13.1. The van der Waals surface area contributed by atoms with Crippen LogP contribution in [0.15, 0.2) is 134 Å². The molecule has 1 N–H and O–H groups in total.